The smallest absolute Gasteiger partial charge is 0.0414 e. The zero-order valence-corrected chi connectivity index (χ0v) is 24.8. The molecule has 1 atom stereocenters. The maximum absolute atomic E-state index is 2.34. The van der Waals surface area contributed by atoms with Crippen LogP contribution < -0.4 is 0 Å². The third kappa shape index (κ3) is 28.2. The molecule has 0 bridgehead atoms. The first kappa shape index (κ1) is 34.0. The van der Waals surface area contributed by atoms with Gasteiger partial charge in [-0.15, -0.1) is 0 Å². The Hall–Kier alpha value is 0. The highest BCUT2D eigenvalue weighted by atomic mass is 14.1. The van der Waals surface area contributed by atoms with Crippen molar-refractivity contribution >= 4 is 0 Å². The summed E-state index contributed by atoms with van der Waals surface area (Å²) in [4.78, 5) is 0. The van der Waals surface area contributed by atoms with Gasteiger partial charge in [-0.05, 0) is 5.92 Å². The van der Waals surface area contributed by atoms with Crippen LogP contribution in [0.3, 0.4) is 0 Å². The third-order valence-electron chi connectivity index (χ3n) is 8.15. The lowest BCUT2D eigenvalue weighted by molar-refractivity contribution is 0.366. The van der Waals surface area contributed by atoms with E-state index in [1.54, 1.807) is 0 Å². The van der Waals surface area contributed by atoms with Crippen LogP contribution in [0.4, 0.5) is 0 Å². The number of unbranched alkanes of at least 4 members (excludes halogenated alkanes) is 24. The van der Waals surface area contributed by atoms with E-state index in [2.05, 4.69) is 20.8 Å². The summed E-state index contributed by atoms with van der Waals surface area (Å²) in [5.41, 5.74) is 0. The second-order valence-electron chi connectivity index (χ2n) is 11.7. The second kappa shape index (κ2) is 31.0. The topological polar surface area (TPSA) is 0 Å². The molecule has 0 spiro atoms. The molecule has 0 amide bonds. The van der Waals surface area contributed by atoms with Crippen molar-refractivity contribution in [2.75, 3.05) is 0 Å². The lowest BCUT2D eigenvalue weighted by atomic mass is 9.89. The van der Waals surface area contributed by atoms with Crippen LogP contribution in [-0.4, -0.2) is 0 Å². The molecule has 0 heterocycles. The van der Waals surface area contributed by atoms with Gasteiger partial charge in [0.15, 0.2) is 0 Å². The van der Waals surface area contributed by atoms with Crippen molar-refractivity contribution in [2.45, 2.75) is 213 Å². The fraction of sp³-hybridized carbons (Fsp3) is 1.00. The summed E-state index contributed by atoms with van der Waals surface area (Å²) in [6.45, 7) is 6.97. The molecule has 0 aliphatic rings. The standard InChI is InChI=1S/C34H70/c1-4-7-10-13-15-17-18-19-20-21-22-23-25-27-30-33-34(31-28-12-9-6-3)32-29-26-24-16-14-11-8-5-2/h34H,4-33H2,1-3H3. The van der Waals surface area contributed by atoms with Gasteiger partial charge in [-0.25, -0.2) is 0 Å². The average Bonchev–Trinajstić information content (AvgIpc) is 2.85. The Kier molecular flexibility index (Phi) is 31.0. The van der Waals surface area contributed by atoms with E-state index in [1.165, 1.54) is 193 Å². The molecule has 0 heteroatoms. The molecule has 0 aliphatic heterocycles. The summed E-state index contributed by atoms with van der Waals surface area (Å²) in [6.07, 6.45) is 44.3. The van der Waals surface area contributed by atoms with Crippen molar-refractivity contribution < 1.29 is 0 Å². The zero-order valence-electron chi connectivity index (χ0n) is 24.8. The molecule has 1 unspecified atom stereocenters. The quantitative estimate of drug-likeness (QED) is 0.0900. The van der Waals surface area contributed by atoms with Crippen molar-refractivity contribution in [3.8, 4) is 0 Å². The predicted molar refractivity (Wildman–Crippen MR) is 159 cm³/mol. The molecular weight excluding hydrogens is 408 g/mol. The summed E-state index contributed by atoms with van der Waals surface area (Å²) in [5, 5.41) is 0. The molecule has 206 valence electrons. The van der Waals surface area contributed by atoms with E-state index in [0.717, 1.165) is 5.92 Å². The predicted octanol–water partition coefficient (Wildman–Crippen LogP) is 13.4. The van der Waals surface area contributed by atoms with E-state index >= 15 is 0 Å². The van der Waals surface area contributed by atoms with Crippen LogP contribution in [0.5, 0.6) is 0 Å². The minimum atomic E-state index is 1.04. The fourth-order valence-electron chi connectivity index (χ4n) is 5.66. The van der Waals surface area contributed by atoms with Gasteiger partial charge in [0.1, 0.15) is 0 Å². The van der Waals surface area contributed by atoms with Crippen LogP contribution in [0.15, 0.2) is 0 Å². The Morgan fingerprint density at radius 2 is 0.412 bits per heavy atom. The Morgan fingerprint density at radius 1 is 0.235 bits per heavy atom. The normalized spacial score (nSPS) is 12.4. The Morgan fingerprint density at radius 3 is 0.647 bits per heavy atom. The van der Waals surface area contributed by atoms with Gasteiger partial charge in [-0.2, -0.15) is 0 Å². The highest BCUT2D eigenvalue weighted by Crippen LogP contribution is 2.25. The summed E-state index contributed by atoms with van der Waals surface area (Å²) in [7, 11) is 0. The van der Waals surface area contributed by atoms with Crippen LogP contribution in [0, 0.1) is 5.92 Å². The summed E-state index contributed by atoms with van der Waals surface area (Å²) in [5.74, 6) is 1.04. The van der Waals surface area contributed by atoms with Crippen molar-refractivity contribution in [1.82, 2.24) is 0 Å². The van der Waals surface area contributed by atoms with Crippen LogP contribution >= 0.6 is 0 Å². The Bertz CT molecular complexity index is 333. The zero-order chi connectivity index (χ0) is 24.8. The maximum atomic E-state index is 2.34. The van der Waals surface area contributed by atoms with Gasteiger partial charge in [0.25, 0.3) is 0 Å². The molecule has 0 aromatic rings. The molecule has 0 nitrogen and oxygen atoms in total. The van der Waals surface area contributed by atoms with Gasteiger partial charge in [-0.1, -0.05) is 213 Å². The van der Waals surface area contributed by atoms with Crippen molar-refractivity contribution in [2.24, 2.45) is 5.92 Å². The van der Waals surface area contributed by atoms with E-state index in [0.29, 0.717) is 0 Å². The van der Waals surface area contributed by atoms with Gasteiger partial charge in [-0.3, -0.25) is 0 Å². The van der Waals surface area contributed by atoms with Crippen LogP contribution in [0.2, 0.25) is 0 Å². The minimum Gasteiger partial charge on any atom is -0.0654 e. The van der Waals surface area contributed by atoms with E-state index in [-0.39, 0.29) is 0 Å². The lowest BCUT2D eigenvalue weighted by Crippen LogP contribution is -2.01. The summed E-state index contributed by atoms with van der Waals surface area (Å²) in [6, 6.07) is 0. The molecule has 0 N–H and O–H groups in total. The summed E-state index contributed by atoms with van der Waals surface area (Å²) >= 11 is 0. The van der Waals surface area contributed by atoms with Gasteiger partial charge in [0.05, 0.1) is 0 Å². The van der Waals surface area contributed by atoms with Crippen molar-refractivity contribution in [1.29, 1.82) is 0 Å². The van der Waals surface area contributed by atoms with E-state index in [1.807, 2.05) is 0 Å². The fourth-order valence-corrected chi connectivity index (χ4v) is 5.66. The highest BCUT2D eigenvalue weighted by molar-refractivity contribution is 4.62. The molecular formula is C34H70. The number of hydrogen-bond donors (Lipinski definition) is 0. The molecule has 0 aromatic heterocycles. The average molecular weight is 479 g/mol. The molecule has 0 aliphatic carbocycles. The van der Waals surface area contributed by atoms with Crippen LogP contribution in [-0.2, 0) is 0 Å². The van der Waals surface area contributed by atoms with E-state index in [4.69, 9.17) is 0 Å². The summed E-state index contributed by atoms with van der Waals surface area (Å²) < 4.78 is 0. The molecule has 0 saturated heterocycles. The van der Waals surface area contributed by atoms with Gasteiger partial charge in [0.2, 0.25) is 0 Å². The molecule has 0 saturated carbocycles. The Balaban J connectivity index is 3.60. The molecule has 0 radical (unpaired) electrons. The van der Waals surface area contributed by atoms with Gasteiger partial charge >= 0.3 is 0 Å². The van der Waals surface area contributed by atoms with Gasteiger partial charge < -0.3 is 0 Å². The molecule has 0 fully saturated rings. The highest BCUT2D eigenvalue weighted by Gasteiger charge is 2.08. The lowest BCUT2D eigenvalue weighted by Gasteiger charge is -2.17. The maximum Gasteiger partial charge on any atom is -0.0414 e. The van der Waals surface area contributed by atoms with Gasteiger partial charge in [0, 0.05) is 0 Å². The first-order valence-electron chi connectivity index (χ1n) is 16.8. The monoisotopic (exact) mass is 479 g/mol. The van der Waals surface area contributed by atoms with Crippen molar-refractivity contribution in [3.63, 3.8) is 0 Å². The SMILES string of the molecule is CCCCCCCCCCCCCCCCCC(CCCCCC)CCCCCCCCCC. The van der Waals surface area contributed by atoms with Crippen LogP contribution in [0.25, 0.3) is 0 Å². The van der Waals surface area contributed by atoms with Crippen LogP contribution in [0.1, 0.15) is 213 Å². The minimum absolute atomic E-state index is 1.04. The van der Waals surface area contributed by atoms with Crippen molar-refractivity contribution in [3.05, 3.63) is 0 Å². The van der Waals surface area contributed by atoms with E-state index in [9.17, 15) is 0 Å². The number of hydrogen-bond acceptors (Lipinski definition) is 0. The second-order valence-corrected chi connectivity index (χ2v) is 11.7. The molecule has 0 aromatic carbocycles. The first-order chi connectivity index (χ1) is 16.8. The molecule has 0 rings (SSSR count). The third-order valence-corrected chi connectivity index (χ3v) is 8.15. The van der Waals surface area contributed by atoms with E-state index < -0.39 is 0 Å². The number of rotatable bonds is 30. The molecule has 34 heavy (non-hydrogen) atoms. The Labute approximate surface area is 219 Å². The first-order valence-corrected chi connectivity index (χ1v) is 16.8. The largest absolute Gasteiger partial charge is 0.0654 e.